The molecule has 1 amide bonds. The Labute approximate surface area is 203 Å². The third-order valence-electron chi connectivity index (χ3n) is 5.12. The number of aryl methyl sites for hydroxylation is 1. The third kappa shape index (κ3) is 5.60. The summed E-state index contributed by atoms with van der Waals surface area (Å²) in [6, 6.07) is 13.5. The number of benzene rings is 3. The van der Waals surface area contributed by atoms with Crippen LogP contribution >= 0.6 is 11.6 Å². The zero-order valence-electron chi connectivity index (χ0n) is 19.1. The molecule has 10 heteroatoms. The Morgan fingerprint density at radius 3 is 2.29 bits per heavy atom. The van der Waals surface area contributed by atoms with Crippen molar-refractivity contribution >= 4 is 38.9 Å². The van der Waals surface area contributed by atoms with Crippen molar-refractivity contribution in [3.05, 3.63) is 82.1 Å². The molecule has 0 fully saturated rings. The molecule has 0 saturated heterocycles. The number of methoxy groups -OCH3 is 2. The fourth-order valence-electron chi connectivity index (χ4n) is 3.38. The highest BCUT2D eigenvalue weighted by Crippen LogP contribution is 2.37. The van der Waals surface area contributed by atoms with Crippen LogP contribution in [0.3, 0.4) is 0 Å². The van der Waals surface area contributed by atoms with Crippen molar-refractivity contribution in [2.75, 3.05) is 30.1 Å². The van der Waals surface area contributed by atoms with Gasteiger partial charge in [-0.05, 0) is 42.8 Å². The molecule has 0 bridgehead atoms. The van der Waals surface area contributed by atoms with Gasteiger partial charge in [0, 0.05) is 22.3 Å². The van der Waals surface area contributed by atoms with Gasteiger partial charge in [0.05, 0.1) is 38.3 Å². The van der Waals surface area contributed by atoms with Crippen LogP contribution in [0.25, 0.3) is 0 Å². The number of carbonyl (C=O) groups is 1. The third-order valence-corrected chi connectivity index (χ3v) is 6.49. The maximum atomic E-state index is 14.4. The van der Waals surface area contributed by atoms with Crippen LogP contribution in [0, 0.1) is 12.7 Å². The fraction of sp³-hybridized carbons (Fsp3) is 0.208. The Morgan fingerprint density at radius 1 is 1.06 bits per heavy atom. The molecule has 3 aromatic rings. The van der Waals surface area contributed by atoms with Gasteiger partial charge in [-0.3, -0.25) is 9.10 Å². The van der Waals surface area contributed by atoms with E-state index in [1.165, 1.54) is 44.6 Å². The van der Waals surface area contributed by atoms with Crippen molar-refractivity contribution in [1.82, 2.24) is 0 Å². The summed E-state index contributed by atoms with van der Waals surface area (Å²) in [4.78, 5) is 13.4. The highest BCUT2D eigenvalue weighted by molar-refractivity contribution is 7.92. The number of rotatable bonds is 8. The number of anilines is 2. The van der Waals surface area contributed by atoms with Crippen LogP contribution in [0.5, 0.6) is 11.5 Å². The standard InChI is InChI=1S/C24H24ClFN2O5S/c1-15-11-17(25)9-10-20(15)27-24(29)18-12-22(32-2)23(33-3)13-21(18)28(34(4,30)31)14-16-7-5-6-8-19(16)26/h5-13H,14H2,1-4H3,(H,27,29). The van der Waals surface area contributed by atoms with E-state index in [-0.39, 0.29) is 34.9 Å². The number of hydrogen-bond donors (Lipinski definition) is 1. The topological polar surface area (TPSA) is 84.9 Å². The molecule has 0 spiro atoms. The average molecular weight is 507 g/mol. The molecule has 3 rings (SSSR count). The smallest absolute Gasteiger partial charge is 0.257 e. The van der Waals surface area contributed by atoms with Crippen LogP contribution in [0.1, 0.15) is 21.5 Å². The van der Waals surface area contributed by atoms with E-state index in [4.69, 9.17) is 21.1 Å². The molecule has 0 unspecified atom stereocenters. The van der Waals surface area contributed by atoms with Crippen LogP contribution in [0.2, 0.25) is 5.02 Å². The molecule has 0 aliphatic heterocycles. The van der Waals surface area contributed by atoms with Gasteiger partial charge >= 0.3 is 0 Å². The zero-order chi connectivity index (χ0) is 25.0. The van der Waals surface area contributed by atoms with Gasteiger partial charge in [-0.1, -0.05) is 29.8 Å². The molecule has 0 radical (unpaired) electrons. The Bertz CT molecular complexity index is 1330. The second-order valence-corrected chi connectivity index (χ2v) is 9.84. The summed E-state index contributed by atoms with van der Waals surface area (Å²) >= 11 is 6.00. The van der Waals surface area contributed by atoms with Crippen molar-refractivity contribution in [2.45, 2.75) is 13.5 Å². The molecule has 0 aliphatic rings. The minimum absolute atomic E-state index is 0.00577. The number of halogens is 2. The highest BCUT2D eigenvalue weighted by Gasteiger charge is 2.27. The van der Waals surface area contributed by atoms with E-state index in [1.54, 1.807) is 31.2 Å². The molecular weight excluding hydrogens is 483 g/mol. The minimum atomic E-state index is -3.95. The van der Waals surface area contributed by atoms with Gasteiger partial charge in [0.15, 0.2) is 11.5 Å². The van der Waals surface area contributed by atoms with Crippen molar-refractivity contribution in [3.8, 4) is 11.5 Å². The Balaban J connectivity index is 2.16. The molecule has 3 aromatic carbocycles. The monoisotopic (exact) mass is 506 g/mol. The molecule has 180 valence electrons. The molecule has 0 aliphatic carbocycles. The summed E-state index contributed by atoms with van der Waals surface area (Å²) in [5, 5.41) is 3.28. The Kier molecular flexibility index (Phi) is 7.68. The first-order valence-electron chi connectivity index (χ1n) is 10.1. The van der Waals surface area contributed by atoms with Crippen LogP contribution in [-0.4, -0.2) is 34.8 Å². The molecule has 34 heavy (non-hydrogen) atoms. The molecule has 1 N–H and O–H groups in total. The number of nitrogens with one attached hydrogen (secondary N) is 1. The SMILES string of the molecule is COc1cc(C(=O)Nc2ccc(Cl)cc2C)c(N(Cc2ccccc2F)S(C)(=O)=O)cc1OC. The predicted molar refractivity (Wildman–Crippen MR) is 131 cm³/mol. The number of hydrogen-bond acceptors (Lipinski definition) is 5. The van der Waals surface area contributed by atoms with E-state index in [1.807, 2.05) is 0 Å². The molecule has 0 saturated carbocycles. The highest BCUT2D eigenvalue weighted by atomic mass is 35.5. The summed E-state index contributed by atoms with van der Waals surface area (Å²) in [6.07, 6.45) is 0.982. The lowest BCUT2D eigenvalue weighted by Gasteiger charge is -2.26. The maximum absolute atomic E-state index is 14.4. The first-order valence-corrected chi connectivity index (χ1v) is 12.3. The summed E-state index contributed by atoms with van der Waals surface area (Å²) < 4.78 is 51.6. The number of carbonyl (C=O) groups excluding carboxylic acids is 1. The molecule has 7 nitrogen and oxygen atoms in total. The maximum Gasteiger partial charge on any atom is 0.257 e. The summed E-state index contributed by atoms with van der Waals surface area (Å²) in [5.41, 5.74) is 1.35. The first-order chi connectivity index (χ1) is 16.0. The quantitative estimate of drug-likeness (QED) is 0.463. The lowest BCUT2D eigenvalue weighted by Crippen LogP contribution is -2.32. The number of nitrogens with zero attached hydrogens (tertiary/aromatic N) is 1. The van der Waals surface area contributed by atoms with Gasteiger partial charge < -0.3 is 14.8 Å². The molecular formula is C24H24ClFN2O5S. The zero-order valence-corrected chi connectivity index (χ0v) is 20.6. The van der Waals surface area contributed by atoms with Crippen LogP contribution in [-0.2, 0) is 16.6 Å². The van der Waals surface area contributed by atoms with E-state index in [0.717, 1.165) is 10.6 Å². The summed E-state index contributed by atoms with van der Waals surface area (Å²) in [5.74, 6) is -0.731. The second kappa shape index (κ2) is 10.3. The number of amides is 1. The molecule has 0 heterocycles. The molecule has 0 aromatic heterocycles. The van der Waals surface area contributed by atoms with Crippen LogP contribution in [0.15, 0.2) is 54.6 Å². The Hall–Kier alpha value is -3.30. The van der Waals surface area contributed by atoms with Crippen molar-refractivity contribution in [2.24, 2.45) is 0 Å². The second-order valence-electron chi connectivity index (χ2n) is 7.50. The lowest BCUT2D eigenvalue weighted by atomic mass is 10.1. The van der Waals surface area contributed by atoms with Crippen LogP contribution in [0.4, 0.5) is 15.8 Å². The summed E-state index contributed by atoms with van der Waals surface area (Å²) in [6.45, 7) is 1.44. The van der Waals surface area contributed by atoms with Crippen molar-refractivity contribution < 1.29 is 27.1 Å². The van der Waals surface area contributed by atoms with Crippen molar-refractivity contribution in [1.29, 1.82) is 0 Å². The van der Waals surface area contributed by atoms with Gasteiger partial charge in [-0.25, -0.2) is 12.8 Å². The lowest BCUT2D eigenvalue weighted by molar-refractivity contribution is 0.102. The van der Waals surface area contributed by atoms with E-state index >= 15 is 0 Å². The average Bonchev–Trinajstić information content (AvgIpc) is 2.78. The normalized spacial score (nSPS) is 11.1. The molecule has 0 atom stereocenters. The first kappa shape index (κ1) is 25.3. The van der Waals surface area contributed by atoms with E-state index in [2.05, 4.69) is 5.32 Å². The van der Waals surface area contributed by atoms with Gasteiger partial charge in [-0.15, -0.1) is 0 Å². The largest absolute Gasteiger partial charge is 0.493 e. The summed E-state index contributed by atoms with van der Waals surface area (Å²) in [7, 11) is -1.16. The van der Waals surface area contributed by atoms with Crippen LogP contribution < -0.4 is 19.1 Å². The van der Waals surface area contributed by atoms with Gasteiger partial charge in [0.2, 0.25) is 10.0 Å². The number of sulfonamides is 1. The van der Waals surface area contributed by atoms with Gasteiger partial charge in [-0.2, -0.15) is 0 Å². The van der Waals surface area contributed by atoms with E-state index < -0.39 is 21.7 Å². The number of ether oxygens (including phenoxy) is 2. The Morgan fingerprint density at radius 2 is 1.71 bits per heavy atom. The van der Waals surface area contributed by atoms with E-state index in [0.29, 0.717) is 16.3 Å². The van der Waals surface area contributed by atoms with E-state index in [9.17, 15) is 17.6 Å². The van der Waals surface area contributed by atoms with Gasteiger partial charge in [0.25, 0.3) is 5.91 Å². The predicted octanol–water partition coefficient (Wildman–Crippen LogP) is 5.02. The van der Waals surface area contributed by atoms with Crippen molar-refractivity contribution in [3.63, 3.8) is 0 Å². The fourth-order valence-corrected chi connectivity index (χ4v) is 4.48. The van der Waals surface area contributed by atoms with Gasteiger partial charge in [0.1, 0.15) is 5.82 Å². The minimum Gasteiger partial charge on any atom is -0.493 e.